The highest BCUT2D eigenvalue weighted by molar-refractivity contribution is 14.0. The van der Waals surface area contributed by atoms with Gasteiger partial charge in [0.15, 0.2) is 5.96 Å². The Morgan fingerprint density at radius 1 is 1.08 bits per heavy atom. The summed E-state index contributed by atoms with van der Waals surface area (Å²) in [5, 5.41) is 9.48. The summed E-state index contributed by atoms with van der Waals surface area (Å²) in [6.45, 7) is 5.29. The van der Waals surface area contributed by atoms with E-state index in [4.69, 9.17) is 0 Å². The quantitative estimate of drug-likeness (QED) is 0.339. The number of hydrogen-bond acceptors (Lipinski definition) is 2. The number of hydrogen-bond donors (Lipinski definition) is 3. The highest BCUT2D eigenvalue weighted by atomic mass is 127. The normalized spacial score (nSPS) is 15.1. The molecular weight excluding hydrogens is 439 g/mol. The summed E-state index contributed by atoms with van der Waals surface area (Å²) in [6, 6.07) is 6.95. The summed E-state index contributed by atoms with van der Waals surface area (Å²) in [6.07, 6.45) is 6.88. The third-order valence-electron chi connectivity index (χ3n) is 4.60. The molecule has 5 nitrogen and oxygen atoms in total. The number of guanidine groups is 1. The lowest BCUT2D eigenvalue weighted by atomic mass is 9.95. The molecule has 0 radical (unpaired) electrons. The van der Waals surface area contributed by atoms with Crippen molar-refractivity contribution in [2.45, 2.75) is 58.4 Å². The number of benzene rings is 1. The largest absolute Gasteiger partial charge is 0.356 e. The van der Waals surface area contributed by atoms with Crippen molar-refractivity contribution in [3.05, 3.63) is 34.9 Å². The molecule has 1 amide bonds. The van der Waals surface area contributed by atoms with Gasteiger partial charge in [-0.1, -0.05) is 48.6 Å². The lowest BCUT2D eigenvalue weighted by Gasteiger charge is -2.23. The fraction of sp³-hybridized carbons (Fsp3) is 0.600. The number of nitrogens with zero attached hydrogens (tertiary/aromatic N) is 1. The first-order valence-corrected chi connectivity index (χ1v) is 9.38. The Bertz CT molecular complexity index is 577. The van der Waals surface area contributed by atoms with Crippen LogP contribution in [0.3, 0.4) is 0 Å². The van der Waals surface area contributed by atoms with Gasteiger partial charge in [0.2, 0.25) is 5.91 Å². The van der Waals surface area contributed by atoms with E-state index < -0.39 is 0 Å². The van der Waals surface area contributed by atoms with Crippen molar-refractivity contribution in [3.63, 3.8) is 0 Å². The van der Waals surface area contributed by atoms with Gasteiger partial charge in [0, 0.05) is 19.6 Å². The first kappa shape index (κ1) is 22.7. The highest BCUT2D eigenvalue weighted by Gasteiger charge is 2.15. The maximum atomic E-state index is 12.0. The average molecular weight is 472 g/mol. The standard InChI is InChI=1S/C20H32N4O.HI/c1-15-11-16(2)13-17(12-15)9-10-22-20(21-3)23-14-19(25)24-18-7-5-4-6-8-18;/h11-13,18H,4-10,14H2,1-3H3,(H,24,25)(H2,21,22,23);1H. The first-order chi connectivity index (χ1) is 12.1. The minimum Gasteiger partial charge on any atom is -0.356 e. The van der Waals surface area contributed by atoms with Crippen LogP contribution in [0.25, 0.3) is 0 Å². The van der Waals surface area contributed by atoms with Crippen molar-refractivity contribution in [1.82, 2.24) is 16.0 Å². The minimum atomic E-state index is 0. The Kier molecular flexibility index (Phi) is 10.6. The van der Waals surface area contributed by atoms with Crippen LogP contribution in [-0.4, -0.2) is 38.0 Å². The Labute approximate surface area is 174 Å². The molecule has 1 aliphatic rings. The van der Waals surface area contributed by atoms with Gasteiger partial charge in [-0.25, -0.2) is 0 Å². The molecule has 6 heteroatoms. The molecule has 0 unspecified atom stereocenters. The van der Waals surface area contributed by atoms with Crippen LogP contribution < -0.4 is 16.0 Å². The van der Waals surface area contributed by atoms with Gasteiger partial charge in [-0.05, 0) is 38.7 Å². The zero-order valence-electron chi connectivity index (χ0n) is 16.2. The van der Waals surface area contributed by atoms with Crippen molar-refractivity contribution in [2.75, 3.05) is 20.1 Å². The zero-order chi connectivity index (χ0) is 18.1. The van der Waals surface area contributed by atoms with Crippen molar-refractivity contribution < 1.29 is 4.79 Å². The lowest BCUT2D eigenvalue weighted by Crippen LogP contribution is -2.46. The third-order valence-corrected chi connectivity index (χ3v) is 4.60. The maximum Gasteiger partial charge on any atom is 0.239 e. The van der Waals surface area contributed by atoms with E-state index in [9.17, 15) is 4.79 Å². The van der Waals surface area contributed by atoms with E-state index in [1.165, 1.54) is 36.0 Å². The summed E-state index contributed by atoms with van der Waals surface area (Å²) in [5.74, 6) is 0.715. The molecule has 3 N–H and O–H groups in total. The fourth-order valence-electron chi connectivity index (χ4n) is 3.45. The molecule has 0 aliphatic heterocycles. The molecule has 1 aliphatic carbocycles. The van der Waals surface area contributed by atoms with E-state index in [1.807, 2.05) is 0 Å². The van der Waals surface area contributed by atoms with Crippen LogP contribution in [0.5, 0.6) is 0 Å². The second-order valence-electron chi connectivity index (χ2n) is 7.00. The molecule has 1 fully saturated rings. The van der Waals surface area contributed by atoms with Gasteiger partial charge >= 0.3 is 0 Å². The number of amides is 1. The van der Waals surface area contributed by atoms with E-state index in [0.717, 1.165) is 25.8 Å². The molecule has 0 atom stereocenters. The van der Waals surface area contributed by atoms with Crippen LogP contribution in [0.4, 0.5) is 0 Å². The maximum absolute atomic E-state index is 12.0. The van der Waals surface area contributed by atoms with Crippen LogP contribution in [0.15, 0.2) is 23.2 Å². The molecule has 0 aromatic heterocycles. The van der Waals surface area contributed by atoms with Gasteiger partial charge in [-0.15, -0.1) is 24.0 Å². The predicted molar refractivity (Wildman–Crippen MR) is 119 cm³/mol. The monoisotopic (exact) mass is 472 g/mol. The molecule has 146 valence electrons. The molecule has 26 heavy (non-hydrogen) atoms. The van der Waals surface area contributed by atoms with E-state index in [-0.39, 0.29) is 36.4 Å². The summed E-state index contributed by atoms with van der Waals surface area (Å²) < 4.78 is 0. The van der Waals surface area contributed by atoms with E-state index in [0.29, 0.717) is 12.0 Å². The molecule has 0 bridgehead atoms. The predicted octanol–water partition coefficient (Wildman–Crippen LogP) is 3.08. The summed E-state index contributed by atoms with van der Waals surface area (Å²) in [4.78, 5) is 16.2. The minimum absolute atomic E-state index is 0. The summed E-state index contributed by atoms with van der Waals surface area (Å²) in [7, 11) is 1.73. The average Bonchev–Trinajstić information content (AvgIpc) is 2.58. The van der Waals surface area contributed by atoms with Gasteiger partial charge < -0.3 is 16.0 Å². The summed E-state index contributed by atoms with van der Waals surface area (Å²) >= 11 is 0. The third kappa shape index (κ3) is 8.38. The second kappa shape index (κ2) is 12.1. The van der Waals surface area contributed by atoms with Gasteiger partial charge in [0.25, 0.3) is 0 Å². The van der Waals surface area contributed by atoms with Gasteiger partial charge in [-0.2, -0.15) is 0 Å². The smallest absolute Gasteiger partial charge is 0.239 e. The van der Waals surface area contributed by atoms with Gasteiger partial charge in [0.05, 0.1) is 6.54 Å². The second-order valence-corrected chi connectivity index (χ2v) is 7.00. The summed E-state index contributed by atoms with van der Waals surface area (Å²) in [5.41, 5.74) is 3.89. The van der Waals surface area contributed by atoms with E-state index >= 15 is 0 Å². The van der Waals surface area contributed by atoms with Crippen molar-refractivity contribution >= 4 is 35.8 Å². The number of aliphatic imine (C=N–C) groups is 1. The van der Waals surface area contributed by atoms with E-state index in [1.54, 1.807) is 7.05 Å². The lowest BCUT2D eigenvalue weighted by molar-refractivity contribution is -0.120. The Balaban J connectivity index is 0.00000338. The Morgan fingerprint density at radius 2 is 1.73 bits per heavy atom. The topological polar surface area (TPSA) is 65.5 Å². The molecule has 1 aromatic carbocycles. The fourth-order valence-corrected chi connectivity index (χ4v) is 3.45. The number of rotatable bonds is 6. The molecule has 2 rings (SSSR count). The number of aryl methyl sites for hydroxylation is 2. The molecule has 0 heterocycles. The Morgan fingerprint density at radius 3 is 2.35 bits per heavy atom. The highest BCUT2D eigenvalue weighted by Crippen LogP contribution is 2.17. The first-order valence-electron chi connectivity index (χ1n) is 9.38. The number of carbonyl (C=O) groups excluding carboxylic acids is 1. The van der Waals surface area contributed by atoms with Gasteiger partial charge in [-0.3, -0.25) is 9.79 Å². The van der Waals surface area contributed by atoms with Crippen LogP contribution in [-0.2, 0) is 11.2 Å². The van der Waals surface area contributed by atoms with E-state index in [2.05, 4.69) is 53.0 Å². The van der Waals surface area contributed by atoms with Crippen molar-refractivity contribution in [1.29, 1.82) is 0 Å². The molecule has 0 spiro atoms. The molecular formula is C20H33IN4O. The van der Waals surface area contributed by atoms with Gasteiger partial charge in [0.1, 0.15) is 0 Å². The van der Waals surface area contributed by atoms with Crippen LogP contribution >= 0.6 is 24.0 Å². The molecule has 1 saturated carbocycles. The molecule has 1 aromatic rings. The zero-order valence-corrected chi connectivity index (χ0v) is 18.6. The van der Waals surface area contributed by atoms with Crippen molar-refractivity contribution in [3.8, 4) is 0 Å². The van der Waals surface area contributed by atoms with Crippen LogP contribution in [0, 0.1) is 13.8 Å². The Hall–Kier alpha value is -1.31. The number of nitrogens with one attached hydrogen (secondary N) is 3. The van der Waals surface area contributed by atoms with Crippen molar-refractivity contribution in [2.24, 2.45) is 4.99 Å². The van der Waals surface area contributed by atoms with Crippen LogP contribution in [0.2, 0.25) is 0 Å². The number of carbonyl (C=O) groups is 1. The molecule has 0 saturated heterocycles. The SMILES string of the molecule is CN=C(NCCc1cc(C)cc(C)c1)NCC(=O)NC1CCCCC1.I. The number of halogens is 1. The van der Waals surface area contributed by atoms with Crippen LogP contribution in [0.1, 0.15) is 48.8 Å².